The summed E-state index contributed by atoms with van der Waals surface area (Å²) in [5.74, 6) is 1.52. The minimum Gasteiger partial charge on any atom is -0.488 e. The lowest BCUT2D eigenvalue weighted by Gasteiger charge is -2.37. The average Bonchev–Trinajstić information content (AvgIpc) is 3.25. The van der Waals surface area contributed by atoms with Gasteiger partial charge in [-0.25, -0.2) is 9.97 Å². The van der Waals surface area contributed by atoms with Crippen LogP contribution in [0.25, 0.3) is 28.5 Å². The smallest absolute Gasteiger partial charge is 0.416 e. The molecule has 2 aromatic carbocycles. The van der Waals surface area contributed by atoms with Crippen molar-refractivity contribution in [2.75, 3.05) is 18.1 Å². The summed E-state index contributed by atoms with van der Waals surface area (Å²) in [6.07, 6.45) is -1.06. The zero-order valence-electron chi connectivity index (χ0n) is 17.3. The zero-order valence-corrected chi connectivity index (χ0v) is 17.3. The van der Waals surface area contributed by atoms with Crippen molar-refractivity contribution in [2.24, 2.45) is 0 Å². The molecule has 0 amide bonds. The maximum atomic E-state index is 13.1. The van der Waals surface area contributed by atoms with E-state index >= 15 is 0 Å². The first kappa shape index (κ1) is 21.0. The van der Waals surface area contributed by atoms with Crippen molar-refractivity contribution in [3.05, 3.63) is 72.4 Å². The van der Waals surface area contributed by atoms with Gasteiger partial charge in [0.15, 0.2) is 5.75 Å². The summed E-state index contributed by atoms with van der Waals surface area (Å²) in [4.78, 5) is 13.8. The van der Waals surface area contributed by atoms with Crippen LogP contribution in [-0.4, -0.2) is 39.3 Å². The van der Waals surface area contributed by atoms with Gasteiger partial charge in [0.25, 0.3) is 0 Å². The topological polar surface area (TPSA) is 74.3 Å². The Morgan fingerprint density at radius 3 is 2.76 bits per heavy atom. The Kier molecular flexibility index (Phi) is 5.05. The molecule has 1 aliphatic heterocycles. The summed E-state index contributed by atoms with van der Waals surface area (Å²) in [6.45, 7) is 3.78. The molecule has 0 radical (unpaired) electrons. The molecule has 2 N–H and O–H groups in total. The van der Waals surface area contributed by atoms with Gasteiger partial charge in [-0.3, -0.25) is 0 Å². The number of nitrogens with zero attached hydrogens (tertiary/aromatic N) is 3. The number of hydrogen-bond donors (Lipinski definition) is 2. The minimum absolute atomic E-state index is 0.153. The van der Waals surface area contributed by atoms with Crippen LogP contribution in [0.3, 0.4) is 0 Å². The molecule has 0 bridgehead atoms. The lowest BCUT2D eigenvalue weighted by molar-refractivity contribution is -0.137. The molecule has 0 aliphatic carbocycles. The molecule has 1 aliphatic rings. The number of aliphatic hydroxyl groups excluding tert-OH is 1. The first-order chi connectivity index (χ1) is 15.9. The van der Waals surface area contributed by atoms with Crippen molar-refractivity contribution < 1.29 is 23.0 Å². The molecule has 0 spiro atoms. The Labute approximate surface area is 187 Å². The lowest BCUT2D eigenvalue weighted by Crippen LogP contribution is -2.43. The van der Waals surface area contributed by atoms with Crippen LogP contribution < -0.4 is 9.64 Å². The van der Waals surface area contributed by atoms with E-state index < -0.39 is 11.7 Å². The normalized spacial score (nSPS) is 15.9. The lowest BCUT2D eigenvalue weighted by atomic mass is 10.1. The quantitative estimate of drug-likeness (QED) is 0.447. The molecule has 1 atom stereocenters. The number of hydrogen-bond acceptors (Lipinski definition) is 5. The van der Waals surface area contributed by atoms with Crippen molar-refractivity contribution in [2.45, 2.75) is 12.2 Å². The number of aromatic amines is 1. The van der Waals surface area contributed by atoms with Gasteiger partial charge < -0.3 is 19.7 Å². The molecule has 2 aromatic heterocycles. The van der Waals surface area contributed by atoms with Crippen LogP contribution in [0.1, 0.15) is 11.1 Å². The molecule has 0 saturated heterocycles. The fourth-order valence-electron chi connectivity index (χ4n) is 3.92. The third kappa shape index (κ3) is 3.70. The van der Waals surface area contributed by atoms with E-state index in [4.69, 9.17) is 4.74 Å². The number of para-hydroxylation sites is 1. The molecule has 3 heterocycles. The maximum Gasteiger partial charge on any atom is 0.416 e. The van der Waals surface area contributed by atoms with Gasteiger partial charge in [0.2, 0.25) is 0 Å². The summed E-state index contributed by atoms with van der Waals surface area (Å²) in [5, 5.41) is 9.95. The number of pyridine rings is 1. The van der Waals surface area contributed by atoms with Crippen LogP contribution in [0.4, 0.5) is 24.7 Å². The van der Waals surface area contributed by atoms with Gasteiger partial charge >= 0.3 is 6.18 Å². The number of alkyl halides is 3. The Morgan fingerprint density at radius 1 is 1.21 bits per heavy atom. The number of imidazole rings is 1. The van der Waals surface area contributed by atoms with Crippen molar-refractivity contribution in [1.82, 2.24) is 15.0 Å². The van der Waals surface area contributed by atoms with Crippen molar-refractivity contribution in [1.29, 1.82) is 0 Å². The first-order valence-corrected chi connectivity index (χ1v) is 10.2. The van der Waals surface area contributed by atoms with Crippen LogP contribution in [0.5, 0.6) is 5.75 Å². The van der Waals surface area contributed by atoms with E-state index in [-0.39, 0.29) is 24.8 Å². The minimum atomic E-state index is -4.44. The van der Waals surface area contributed by atoms with Gasteiger partial charge in [0, 0.05) is 6.20 Å². The van der Waals surface area contributed by atoms with E-state index in [1.54, 1.807) is 24.4 Å². The molecule has 5 rings (SSSR count). The van der Waals surface area contributed by atoms with E-state index in [0.29, 0.717) is 34.2 Å². The van der Waals surface area contributed by atoms with E-state index in [1.165, 1.54) is 6.07 Å². The second kappa shape index (κ2) is 7.93. The monoisotopic (exact) mass is 452 g/mol. The number of aromatic nitrogens is 3. The predicted molar refractivity (Wildman–Crippen MR) is 119 cm³/mol. The van der Waals surface area contributed by atoms with E-state index in [0.717, 1.165) is 17.7 Å². The second-order valence-corrected chi connectivity index (χ2v) is 7.64. The summed E-state index contributed by atoms with van der Waals surface area (Å²) < 4.78 is 45.3. The molecule has 9 heteroatoms. The molecule has 0 fully saturated rings. The summed E-state index contributed by atoms with van der Waals surface area (Å²) in [6, 6.07) is 12.2. The Balaban J connectivity index is 1.61. The maximum absolute atomic E-state index is 13.1. The molecule has 33 heavy (non-hydrogen) atoms. The van der Waals surface area contributed by atoms with Gasteiger partial charge in [-0.2, -0.15) is 13.2 Å². The van der Waals surface area contributed by atoms with Crippen molar-refractivity contribution in [3.8, 4) is 17.1 Å². The summed E-state index contributed by atoms with van der Waals surface area (Å²) in [5.41, 5.74) is 2.08. The van der Waals surface area contributed by atoms with Gasteiger partial charge in [0.05, 0.1) is 40.5 Å². The number of halogens is 3. The number of nitrogens with one attached hydrogen (secondary N) is 1. The van der Waals surface area contributed by atoms with Crippen molar-refractivity contribution in [3.63, 3.8) is 0 Å². The fourth-order valence-corrected chi connectivity index (χ4v) is 3.92. The van der Waals surface area contributed by atoms with Crippen molar-refractivity contribution >= 4 is 28.6 Å². The standard InChI is InChI=1S/C24H19F3N4O2/c1-2-14-6-9-21(28-11-14)31-16(12-32)13-33-22-17(4-3-5-20(22)31)23-29-18-8-7-15(24(25,26)27)10-19(18)30-23/h2-11,16,32H,1,12-13H2,(H,29,30)/t16-/m0/s1. The third-order valence-electron chi connectivity index (χ3n) is 5.57. The number of aliphatic hydroxyl groups is 1. The van der Waals surface area contributed by atoms with Crippen LogP contribution in [0.15, 0.2) is 61.3 Å². The van der Waals surface area contributed by atoms with Gasteiger partial charge in [-0.05, 0) is 48.0 Å². The molecule has 0 saturated carbocycles. The first-order valence-electron chi connectivity index (χ1n) is 10.2. The number of anilines is 2. The highest BCUT2D eigenvalue weighted by atomic mass is 19.4. The largest absolute Gasteiger partial charge is 0.488 e. The molecule has 4 aromatic rings. The van der Waals surface area contributed by atoms with Crippen LogP contribution in [-0.2, 0) is 6.18 Å². The number of ether oxygens (including phenoxy) is 1. The van der Waals surface area contributed by atoms with Gasteiger partial charge in [-0.15, -0.1) is 0 Å². The van der Waals surface area contributed by atoms with Crippen LogP contribution in [0.2, 0.25) is 0 Å². The molecule has 6 nitrogen and oxygen atoms in total. The van der Waals surface area contributed by atoms with Crippen LogP contribution in [0, 0.1) is 0 Å². The van der Waals surface area contributed by atoms with Crippen LogP contribution >= 0.6 is 0 Å². The zero-order chi connectivity index (χ0) is 23.2. The van der Waals surface area contributed by atoms with E-state index in [2.05, 4.69) is 21.5 Å². The summed E-state index contributed by atoms with van der Waals surface area (Å²) in [7, 11) is 0. The van der Waals surface area contributed by atoms with E-state index in [9.17, 15) is 18.3 Å². The number of rotatable bonds is 4. The summed E-state index contributed by atoms with van der Waals surface area (Å²) >= 11 is 0. The molecular formula is C24H19F3N4O2. The van der Waals surface area contributed by atoms with Gasteiger partial charge in [0.1, 0.15) is 18.2 Å². The third-order valence-corrected chi connectivity index (χ3v) is 5.57. The highest BCUT2D eigenvalue weighted by Gasteiger charge is 2.33. The Morgan fingerprint density at radius 2 is 2.06 bits per heavy atom. The average molecular weight is 452 g/mol. The molecule has 0 unspecified atom stereocenters. The highest BCUT2D eigenvalue weighted by Crippen LogP contribution is 2.44. The van der Waals surface area contributed by atoms with E-state index in [1.807, 2.05) is 23.1 Å². The highest BCUT2D eigenvalue weighted by molar-refractivity contribution is 5.85. The molecule has 168 valence electrons. The molecular weight excluding hydrogens is 433 g/mol. The number of benzene rings is 2. The fraction of sp³-hybridized carbons (Fsp3) is 0.167. The SMILES string of the molecule is C=Cc1ccc(N2c3cccc(-c4nc5ccc(C(F)(F)F)cc5[nH]4)c3OC[C@@H]2CO)nc1. The number of H-pyrrole nitrogens is 1. The second-order valence-electron chi connectivity index (χ2n) is 7.64. The Bertz CT molecular complexity index is 1330. The predicted octanol–water partition coefficient (Wildman–Crippen LogP) is 5.18. The Hall–Kier alpha value is -3.85. The van der Waals surface area contributed by atoms with Gasteiger partial charge in [-0.1, -0.05) is 18.7 Å². The number of fused-ring (bicyclic) bond motifs is 2.